The zero-order valence-electron chi connectivity index (χ0n) is 19.1. The van der Waals surface area contributed by atoms with E-state index in [0.29, 0.717) is 17.7 Å². The lowest BCUT2D eigenvalue weighted by Gasteiger charge is -2.25. The Bertz CT molecular complexity index is 1070. The second-order valence-electron chi connectivity index (χ2n) is 8.40. The Kier molecular flexibility index (Phi) is 6.81. The highest BCUT2D eigenvalue weighted by molar-refractivity contribution is 6.09. The van der Waals surface area contributed by atoms with Crippen LogP contribution >= 0.6 is 0 Å². The van der Waals surface area contributed by atoms with Crippen molar-refractivity contribution < 1.29 is 23.9 Å². The molecule has 2 heterocycles. The van der Waals surface area contributed by atoms with Crippen molar-refractivity contribution in [2.75, 3.05) is 36.5 Å². The molecule has 1 atom stereocenters. The van der Waals surface area contributed by atoms with Crippen LogP contribution in [0.15, 0.2) is 54.6 Å². The number of rotatable bonds is 8. The van der Waals surface area contributed by atoms with Crippen molar-refractivity contribution >= 4 is 35.2 Å². The highest BCUT2D eigenvalue weighted by atomic mass is 16.5. The molecule has 34 heavy (non-hydrogen) atoms. The Labute approximate surface area is 198 Å². The lowest BCUT2D eigenvalue weighted by atomic mass is 9.87. The van der Waals surface area contributed by atoms with Crippen LogP contribution in [0.3, 0.4) is 0 Å². The second-order valence-corrected chi connectivity index (χ2v) is 8.40. The summed E-state index contributed by atoms with van der Waals surface area (Å²) in [6.07, 6.45) is 2.69. The largest absolute Gasteiger partial charge is 0.454 e. The Balaban J connectivity index is 1.29. The van der Waals surface area contributed by atoms with E-state index in [1.54, 1.807) is 43.3 Å². The number of amides is 4. The molecule has 0 aliphatic carbocycles. The Morgan fingerprint density at radius 3 is 2.35 bits per heavy atom. The summed E-state index contributed by atoms with van der Waals surface area (Å²) in [5.41, 5.74) is 1.11. The van der Waals surface area contributed by atoms with E-state index < -0.39 is 42.5 Å². The minimum absolute atomic E-state index is 0.325. The van der Waals surface area contributed by atoms with Crippen LogP contribution in [0.1, 0.15) is 31.7 Å². The molecule has 2 N–H and O–H groups in total. The quantitative estimate of drug-likeness (QED) is 0.459. The van der Waals surface area contributed by atoms with Crippen molar-refractivity contribution in [3.8, 4) is 0 Å². The molecule has 0 aromatic heterocycles. The lowest BCUT2D eigenvalue weighted by molar-refractivity contribution is -0.150. The van der Waals surface area contributed by atoms with Gasteiger partial charge in [-0.25, -0.2) is 4.79 Å². The number of nitrogens with zero attached hydrogens (tertiary/aromatic N) is 2. The maximum Gasteiger partial charge on any atom is 0.326 e. The molecule has 2 fully saturated rings. The van der Waals surface area contributed by atoms with Crippen LogP contribution in [0.25, 0.3) is 0 Å². The summed E-state index contributed by atoms with van der Waals surface area (Å²) in [4.78, 5) is 53.1. The summed E-state index contributed by atoms with van der Waals surface area (Å²) >= 11 is 0. The van der Waals surface area contributed by atoms with Crippen molar-refractivity contribution in [2.24, 2.45) is 0 Å². The number of nitrogens with one attached hydrogen (secondary N) is 2. The molecule has 4 rings (SSSR count). The Hall–Kier alpha value is -3.88. The van der Waals surface area contributed by atoms with E-state index in [1.165, 1.54) is 12.8 Å². The smallest absolute Gasteiger partial charge is 0.326 e. The number of anilines is 2. The highest BCUT2D eigenvalue weighted by Crippen LogP contribution is 2.32. The number of carbonyl (C=O) groups is 4. The number of ether oxygens (including phenoxy) is 1. The fraction of sp³-hybridized carbons (Fsp3) is 0.360. The van der Waals surface area contributed by atoms with Gasteiger partial charge in [-0.05, 0) is 49.1 Å². The number of hydrogen-bond donors (Lipinski definition) is 2. The molecule has 9 nitrogen and oxygen atoms in total. The SMILES string of the molecule is CCC1(c2ccccc2)NC(=O)N(CC(=O)OCC(=O)Nc2ccc(N3CCCC3)cc2)C1=O. The van der Waals surface area contributed by atoms with Crippen molar-refractivity contribution in [3.05, 3.63) is 60.2 Å². The average molecular weight is 465 g/mol. The molecule has 0 bridgehead atoms. The van der Waals surface area contributed by atoms with Crippen LogP contribution in [0.2, 0.25) is 0 Å². The van der Waals surface area contributed by atoms with Gasteiger partial charge < -0.3 is 20.3 Å². The number of urea groups is 1. The summed E-state index contributed by atoms with van der Waals surface area (Å²) < 4.78 is 5.01. The summed E-state index contributed by atoms with van der Waals surface area (Å²) in [6.45, 7) is 2.76. The second kappa shape index (κ2) is 9.94. The first-order valence-corrected chi connectivity index (χ1v) is 11.4. The van der Waals surface area contributed by atoms with E-state index >= 15 is 0 Å². The first-order valence-electron chi connectivity index (χ1n) is 11.4. The van der Waals surface area contributed by atoms with Crippen LogP contribution in [0.5, 0.6) is 0 Å². The summed E-state index contributed by atoms with van der Waals surface area (Å²) in [7, 11) is 0. The van der Waals surface area contributed by atoms with Crippen molar-refractivity contribution in [2.45, 2.75) is 31.7 Å². The molecular formula is C25H28N4O5. The first-order chi connectivity index (χ1) is 16.4. The van der Waals surface area contributed by atoms with Gasteiger partial charge in [0.25, 0.3) is 11.8 Å². The van der Waals surface area contributed by atoms with Crippen LogP contribution in [-0.4, -0.2) is 55.0 Å². The maximum absolute atomic E-state index is 13.1. The van der Waals surface area contributed by atoms with E-state index in [0.717, 1.165) is 23.7 Å². The maximum atomic E-state index is 13.1. The first kappa shape index (κ1) is 23.3. The molecule has 1 unspecified atom stereocenters. The van der Waals surface area contributed by atoms with Gasteiger partial charge in [-0.15, -0.1) is 0 Å². The van der Waals surface area contributed by atoms with E-state index in [4.69, 9.17) is 4.74 Å². The van der Waals surface area contributed by atoms with E-state index in [2.05, 4.69) is 15.5 Å². The predicted octanol–water partition coefficient (Wildman–Crippen LogP) is 2.63. The van der Waals surface area contributed by atoms with Gasteiger partial charge in [-0.2, -0.15) is 0 Å². The minimum Gasteiger partial charge on any atom is -0.454 e. The van der Waals surface area contributed by atoms with Gasteiger partial charge in [0.15, 0.2) is 6.61 Å². The van der Waals surface area contributed by atoms with E-state index in [1.807, 2.05) is 18.2 Å². The third-order valence-corrected chi connectivity index (χ3v) is 6.25. The summed E-state index contributed by atoms with van der Waals surface area (Å²) in [6, 6.07) is 15.7. The van der Waals surface area contributed by atoms with Crippen molar-refractivity contribution in [1.29, 1.82) is 0 Å². The normalized spacial score (nSPS) is 19.8. The van der Waals surface area contributed by atoms with E-state index in [-0.39, 0.29) is 0 Å². The molecule has 2 aliphatic rings. The standard InChI is InChI=1S/C25H28N4O5/c1-2-25(18-8-4-3-5-9-18)23(32)29(24(33)27-25)16-22(31)34-17-21(30)26-19-10-12-20(13-11-19)28-14-6-7-15-28/h3-5,8-13H,2,6-7,14-17H2,1H3,(H,26,30)(H,27,33). The van der Waals surface area contributed by atoms with Gasteiger partial charge in [-0.3, -0.25) is 19.3 Å². The van der Waals surface area contributed by atoms with Gasteiger partial charge in [0.1, 0.15) is 12.1 Å². The molecule has 2 aromatic carbocycles. The van der Waals surface area contributed by atoms with Crippen molar-refractivity contribution in [3.63, 3.8) is 0 Å². The van der Waals surface area contributed by atoms with Gasteiger partial charge in [-0.1, -0.05) is 37.3 Å². The Morgan fingerprint density at radius 1 is 1.03 bits per heavy atom. The van der Waals surface area contributed by atoms with Gasteiger partial charge in [0.2, 0.25) is 0 Å². The molecule has 4 amide bonds. The topological polar surface area (TPSA) is 108 Å². The Morgan fingerprint density at radius 2 is 1.71 bits per heavy atom. The van der Waals surface area contributed by atoms with Crippen LogP contribution < -0.4 is 15.5 Å². The third-order valence-electron chi connectivity index (χ3n) is 6.25. The number of benzene rings is 2. The highest BCUT2D eigenvalue weighted by Gasteiger charge is 2.51. The summed E-state index contributed by atoms with van der Waals surface area (Å²) in [5.74, 6) is -1.87. The molecule has 0 radical (unpaired) electrons. The number of hydrogen-bond acceptors (Lipinski definition) is 6. The lowest BCUT2D eigenvalue weighted by Crippen LogP contribution is -2.44. The van der Waals surface area contributed by atoms with Crippen LogP contribution in [-0.2, 0) is 24.7 Å². The molecule has 0 saturated carbocycles. The predicted molar refractivity (Wildman–Crippen MR) is 126 cm³/mol. The molecular weight excluding hydrogens is 436 g/mol. The number of imide groups is 1. The fourth-order valence-corrected chi connectivity index (χ4v) is 4.38. The molecule has 9 heteroatoms. The molecule has 2 aliphatic heterocycles. The average Bonchev–Trinajstić information content (AvgIpc) is 3.47. The molecule has 2 aromatic rings. The number of esters is 1. The summed E-state index contributed by atoms with van der Waals surface area (Å²) in [5, 5.41) is 5.38. The number of carbonyl (C=O) groups excluding carboxylic acids is 4. The van der Waals surface area contributed by atoms with Crippen LogP contribution in [0, 0.1) is 0 Å². The molecule has 2 saturated heterocycles. The third kappa shape index (κ3) is 4.73. The zero-order valence-corrected chi connectivity index (χ0v) is 19.1. The zero-order chi connectivity index (χ0) is 24.1. The minimum atomic E-state index is -1.22. The van der Waals surface area contributed by atoms with Gasteiger partial charge in [0, 0.05) is 24.5 Å². The van der Waals surface area contributed by atoms with Crippen molar-refractivity contribution in [1.82, 2.24) is 10.2 Å². The van der Waals surface area contributed by atoms with E-state index in [9.17, 15) is 19.2 Å². The monoisotopic (exact) mass is 464 g/mol. The van der Waals surface area contributed by atoms with Gasteiger partial charge >= 0.3 is 12.0 Å². The fourth-order valence-electron chi connectivity index (χ4n) is 4.38. The molecule has 0 spiro atoms. The van der Waals surface area contributed by atoms with Crippen LogP contribution in [0.4, 0.5) is 16.2 Å². The molecule has 178 valence electrons. The van der Waals surface area contributed by atoms with Gasteiger partial charge in [0.05, 0.1) is 0 Å².